The minimum atomic E-state index is -1.33. The van der Waals surface area contributed by atoms with Gasteiger partial charge in [-0.05, 0) is 62.6 Å². The molecule has 7 heteroatoms. The molecule has 4 rings (SSSR count). The second-order valence-electron chi connectivity index (χ2n) is 8.86. The van der Waals surface area contributed by atoms with Crippen LogP contribution in [0.1, 0.15) is 36.7 Å². The number of pyridine rings is 2. The van der Waals surface area contributed by atoms with Crippen LogP contribution in [-0.2, 0) is 17.6 Å². The predicted molar refractivity (Wildman–Crippen MR) is 127 cm³/mol. The average molecular weight is 447 g/mol. The summed E-state index contributed by atoms with van der Waals surface area (Å²) in [5.41, 5.74) is 3.18. The first-order chi connectivity index (χ1) is 15.9. The second kappa shape index (κ2) is 10.0. The predicted octanol–water partition coefficient (Wildman–Crippen LogP) is 3.88. The standard InChI is InChI=1S/C26H30N4O3/c1-26(2,25(31)32)33-23-15-18(10-13-28-23)11-14-29-24(19-7-4-3-5-8-19)20-16-22-21(30-17-20)9-6-12-27-22/h3-10,12-13,15,20,24,29-30H,11,14,16-17H2,1-2H3,(H,31,32)/t20-,24-/m1/s1. The van der Waals surface area contributed by atoms with E-state index in [1.807, 2.05) is 30.5 Å². The Balaban J connectivity index is 1.43. The van der Waals surface area contributed by atoms with E-state index >= 15 is 0 Å². The molecule has 0 saturated carbocycles. The lowest BCUT2D eigenvalue weighted by Gasteiger charge is -2.33. The lowest BCUT2D eigenvalue weighted by molar-refractivity contribution is -0.152. The monoisotopic (exact) mass is 446 g/mol. The highest BCUT2D eigenvalue weighted by molar-refractivity contribution is 5.76. The van der Waals surface area contributed by atoms with Crippen molar-refractivity contribution in [1.29, 1.82) is 0 Å². The molecule has 1 aliphatic rings. The normalized spacial score (nSPS) is 16.4. The van der Waals surface area contributed by atoms with Crippen molar-refractivity contribution in [3.63, 3.8) is 0 Å². The van der Waals surface area contributed by atoms with Gasteiger partial charge in [0.15, 0.2) is 0 Å². The largest absolute Gasteiger partial charge is 0.478 e. The highest BCUT2D eigenvalue weighted by Gasteiger charge is 2.30. The molecule has 1 aromatic carbocycles. The summed E-state index contributed by atoms with van der Waals surface area (Å²) in [4.78, 5) is 20.1. The van der Waals surface area contributed by atoms with Gasteiger partial charge in [-0.25, -0.2) is 9.78 Å². The van der Waals surface area contributed by atoms with Crippen molar-refractivity contribution in [3.05, 3.63) is 83.8 Å². The number of rotatable bonds is 9. The first-order valence-electron chi connectivity index (χ1n) is 11.3. The minimum Gasteiger partial charge on any atom is -0.478 e. The smallest absolute Gasteiger partial charge is 0.347 e. The first-order valence-corrected chi connectivity index (χ1v) is 11.3. The number of hydrogen-bond acceptors (Lipinski definition) is 6. The molecule has 0 unspecified atom stereocenters. The summed E-state index contributed by atoms with van der Waals surface area (Å²) in [6.45, 7) is 4.67. The Bertz CT molecular complexity index is 1090. The van der Waals surface area contributed by atoms with E-state index in [0.717, 1.165) is 42.9 Å². The van der Waals surface area contributed by atoms with Crippen LogP contribution in [-0.4, -0.2) is 39.7 Å². The van der Waals surface area contributed by atoms with Gasteiger partial charge < -0.3 is 20.5 Å². The Kier molecular flexibility index (Phi) is 6.89. The van der Waals surface area contributed by atoms with Crippen LogP contribution in [0.5, 0.6) is 5.88 Å². The Morgan fingerprint density at radius 1 is 1.18 bits per heavy atom. The summed E-state index contributed by atoms with van der Waals surface area (Å²) in [6.07, 6.45) is 5.19. The molecule has 3 aromatic rings. The molecule has 2 atom stereocenters. The SMILES string of the molecule is CC(C)(Oc1cc(CCN[C@H](c2ccccc2)[C@H]2CNc3cccnc3C2)ccn1)C(=O)O. The molecule has 0 aliphatic carbocycles. The zero-order valence-electron chi connectivity index (χ0n) is 19.0. The number of hydrogen-bond donors (Lipinski definition) is 3. The number of nitrogens with one attached hydrogen (secondary N) is 2. The lowest BCUT2D eigenvalue weighted by atomic mass is 9.86. The van der Waals surface area contributed by atoms with Crippen LogP contribution in [0.15, 0.2) is 67.0 Å². The molecular weight excluding hydrogens is 416 g/mol. The number of carboxylic acid groups (broad SMARTS) is 1. The third-order valence-electron chi connectivity index (χ3n) is 5.98. The van der Waals surface area contributed by atoms with E-state index in [-0.39, 0.29) is 6.04 Å². The van der Waals surface area contributed by atoms with E-state index in [1.54, 1.807) is 6.20 Å². The van der Waals surface area contributed by atoms with Crippen LogP contribution in [0, 0.1) is 5.92 Å². The van der Waals surface area contributed by atoms with E-state index in [2.05, 4.69) is 50.9 Å². The summed E-state index contributed by atoms with van der Waals surface area (Å²) in [6, 6.07) is 18.5. The van der Waals surface area contributed by atoms with Gasteiger partial charge in [0.05, 0.1) is 11.4 Å². The molecule has 0 amide bonds. The highest BCUT2D eigenvalue weighted by Crippen LogP contribution is 2.31. The van der Waals surface area contributed by atoms with Crippen molar-refractivity contribution >= 4 is 11.7 Å². The maximum atomic E-state index is 11.3. The van der Waals surface area contributed by atoms with Gasteiger partial charge in [0, 0.05) is 37.0 Å². The fourth-order valence-electron chi connectivity index (χ4n) is 4.11. The number of ether oxygens (including phenoxy) is 1. The van der Waals surface area contributed by atoms with Crippen LogP contribution in [0.25, 0.3) is 0 Å². The van der Waals surface area contributed by atoms with Crippen LogP contribution in [0.2, 0.25) is 0 Å². The molecule has 33 heavy (non-hydrogen) atoms. The summed E-state index contributed by atoms with van der Waals surface area (Å²) in [5.74, 6) is -0.347. The Labute approximate surface area is 194 Å². The fraction of sp³-hybridized carbons (Fsp3) is 0.346. The lowest BCUT2D eigenvalue weighted by Crippen LogP contribution is -2.38. The van der Waals surface area contributed by atoms with Gasteiger partial charge in [0.25, 0.3) is 0 Å². The molecular formula is C26H30N4O3. The van der Waals surface area contributed by atoms with Crippen LogP contribution < -0.4 is 15.4 Å². The average Bonchev–Trinajstić information content (AvgIpc) is 2.82. The molecule has 0 bridgehead atoms. The van der Waals surface area contributed by atoms with Crippen molar-refractivity contribution in [2.24, 2.45) is 5.92 Å². The summed E-state index contributed by atoms with van der Waals surface area (Å²) in [5, 5.41) is 16.6. The summed E-state index contributed by atoms with van der Waals surface area (Å²) < 4.78 is 5.58. The number of carbonyl (C=O) groups is 1. The molecule has 7 nitrogen and oxygen atoms in total. The number of aromatic nitrogens is 2. The van der Waals surface area contributed by atoms with Gasteiger partial charge in [-0.3, -0.25) is 4.98 Å². The number of benzene rings is 1. The van der Waals surface area contributed by atoms with Gasteiger partial charge in [0.2, 0.25) is 11.5 Å². The van der Waals surface area contributed by atoms with E-state index in [9.17, 15) is 9.90 Å². The molecule has 2 aromatic heterocycles. The third kappa shape index (κ3) is 5.68. The summed E-state index contributed by atoms with van der Waals surface area (Å²) in [7, 11) is 0. The maximum Gasteiger partial charge on any atom is 0.347 e. The number of aliphatic carboxylic acids is 1. The van der Waals surface area contributed by atoms with Crippen molar-refractivity contribution in [3.8, 4) is 5.88 Å². The van der Waals surface area contributed by atoms with Gasteiger partial charge in [0.1, 0.15) is 0 Å². The second-order valence-corrected chi connectivity index (χ2v) is 8.86. The maximum absolute atomic E-state index is 11.3. The number of carboxylic acids is 1. The Morgan fingerprint density at radius 3 is 2.79 bits per heavy atom. The van der Waals surface area contributed by atoms with Crippen molar-refractivity contribution in [1.82, 2.24) is 15.3 Å². The minimum absolute atomic E-state index is 0.178. The molecule has 1 aliphatic heterocycles. The number of fused-ring (bicyclic) bond motifs is 1. The van der Waals surface area contributed by atoms with Crippen LogP contribution in [0.4, 0.5) is 5.69 Å². The van der Waals surface area contributed by atoms with E-state index < -0.39 is 11.6 Å². The number of nitrogens with zero attached hydrogens (tertiary/aromatic N) is 2. The van der Waals surface area contributed by atoms with Gasteiger partial charge >= 0.3 is 5.97 Å². The number of anilines is 1. The van der Waals surface area contributed by atoms with E-state index in [1.165, 1.54) is 19.4 Å². The van der Waals surface area contributed by atoms with Crippen molar-refractivity contribution in [2.75, 3.05) is 18.4 Å². The Hall–Kier alpha value is -3.45. The quantitative estimate of drug-likeness (QED) is 0.459. The van der Waals surface area contributed by atoms with Crippen molar-refractivity contribution in [2.45, 2.75) is 38.3 Å². The van der Waals surface area contributed by atoms with E-state index in [4.69, 9.17) is 4.74 Å². The molecule has 3 heterocycles. The molecule has 3 N–H and O–H groups in total. The zero-order chi connectivity index (χ0) is 23.3. The Morgan fingerprint density at radius 2 is 2.00 bits per heavy atom. The molecule has 0 radical (unpaired) electrons. The van der Waals surface area contributed by atoms with E-state index in [0.29, 0.717) is 11.8 Å². The van der Waals surface area contributed by atoms with Gasteiger partial charge in [-0.15, -0.1) is 0 Å². The molecule has 172 valence electrons. The highest BCUT2D eigenvalue weighted by atomic mass is 16.5. The topological polar surface area (TPSA) is 96.4 Å². The van der Waals surface area contributed by atoms with Gasteiger partial charge in [-0.1, -0.05) is 30.3 Å². The van der Waals surface area contributed by atoms with Gasteiger partial charge in [-0.2, -0.15) is 0 Å². The first kappa shape index (κ1) is 22.7. The van der Waals surface area contributed by atoms with Crippen LogP contribution >= 0.6 is 0 Å². The third-order valence-corrected chi connectivity index (χ3v) is 5.98. The van der Waals surface area contributed by atoms with Crippen molar-refractivity contribution < 1.29 is 14.6 Å². The molecule has 0 saturated heterocycles. The van der Waals surface area contributed by atoms with Crippen LogP contribution in [0.3, 0.4) is 0 Å². The fourth-order valence-corrected chi connectivity index (χ4v) is 4.11. The molecule has 0 fully saturated rings. The molecule has 0 spiro atoms. The summed E-state index contributed by atoms with van der Waals surface area (Å²) >= 11 is 0. The zero-order valence-corrected chi connectivity index (χ0v) is 19.0.